The molecule has 3 aromatic carbocycles. The normalized spacial score (nSPS) is 30.7. The van der Waals surface area contributed by atoms with Crippen LogP contribution in [0.1, 0.15) is 115 Å². The number of aliphatic hydroxyl groups is 2. The van der Waals surface area contributed by atoms with Gasteiger partial charge in [-0.1, -0.05) is 84.0 Å². The predicted molar refractivity (Wildman–Crippen MR) is 289 cm³/mol. The molecular weight excluding hydrogens is 983 g/mol. The second-order valence-corrected chi connectivity index (χ2v) is 23.5. The summed E-state index contributed by atoms with van der Waals surface area (Å²) in [6.07, 6.45) is 7.58. The number of anilines is 1. The van der Waals surface area contributed by atoms with Gasteiger partial charge in [-0.3, -0.25) is 24.2 Å². The summed E-state index contributed by atoms with van der Waals surface area (Å²) in [5.74, 6) is -7.76. The number of phenols is 2. The molecule has 17 nitrogen and oxygen atoms in total. The first-order valence-corrected chi connectivity index (χ1v) is 27.4. The number of hydrogen-bond donors (Lipinski definition) is 5. The van der Waals surface area contributed by atoms with E-state index in [0.717, 1.165) is 32.2 Å². The largest absolute Gasteiger partial charge is 0.507 e. The van der Waals surface area contributed by atoms with Crippen LogP contribution in [0.3, 0.4) is 0 Å². The van der Waals surface area contributed by atoms with Crippen molar-refractivity contribution in [1.29, 1.82) is 0 Å². The summed E-state index contributed by atoms with van der Waals surface area (Å²) in [7, 11) is 1.46. The van der Waals surface area contributed by atoms with Gasteiger partial charge in [0, 0.05) is 99.8 Å². The lowest BCUT2D eigenvalue weighted by Crippen LogP contribution is -2.47. The maximum atomic E-state index is 15.0. The average Bonchev–Trinajstić information content (AvgIpc) is 4.23. The van der Waals surface area contributed by atoms with Gasteiger partial charge in [-0.2, -0.15) is 0 Å². The number of nitrogens with one attached hydrogen (secondary N) is 1. The van der Waals surface area contributed by atoms with Gasteiger partial charge < -0.3 is 54.5 Å². The van der Waals surface area contributed by atoms with Gasteiger partial charge in [0.2, 0.25) is 5.91 Å². The molecule has 17 heteroatoms. The first-order chi connectivity index (χ1) is 36.5. The van der Waals surface area contributed by atoms with Crippen LogP contribution in [0.15, 0.2) is 70.4 Å². The highest BCUT2D eigenvalue weighted by Crippen LogP contribution is 2.52. The third kappa shape index (κ3) is 10.5. The smallest absolute Gasteiger partial charge is 0.315 e. The summed E-state index contributed by atoms with van der Waals surface area (Å²) < 4.78 is 24.8. The van der Waals surface area contributed by atoms with E-state index in [1.54, 1.807) is 58.6 Å². The van der Waals surface area contributed by atoms with E-state index in [0.29, 0.717) is 50.6 Å². The number of allylic oxidation sites excluding steroid dienone is 2. The molecule has 6 heterocycles. The number of ether oxygens (including phenoxy) is 4. The van der Waals surface area contributed by atoms with Gasteiger partial charge in [0.05, 0.1) is 41.2 Å². The topological polar surface area (TPSA) is 229 Å². The van der Waals surface area contributed by atoms with E-state index < -0.39 is 89.4 Å². The van der Waals surface area contributed by atoms with Crippen molar-refractivity contribution in [3.05, 3.63) is 93.4 Å². The molecule has 0 saturated carbocycles. The lowest BCUT2D eigenvalue weighted by atomic mass is 9.76. The third-order valence-corrected chi connectivity index (χ3v) is 17.6. The second-order valence-electron chi connectivity index (χ2n) is 23.5. The fourth-order valence-corrected chi connectivity index (χ4v) is 12.8. The van der Waals surface area contributed by atoms with E-state index in [1.165, 1.54) is 43.6 Å². The number of aliphatic hydroxyl groups excluding tert-OH is 2. The van der Waals surface area contributed by atoms with Crippen molar-refractivity contribution in [2.45, 2.75) is 143 Å². The van der Waals surface area contributed by atoms with Crippen LogP contribution in [0.4, 0.5) is 5.69 Å². The molecule has 3 aromatic rings. The van der Waals surface area contributed by atoms with Crippen LogP contribution in [-0.4, -0.2) is 129 Å². The Balaban J connectivity index is 1.05. The van der Waals surface area contributed by atoms with Crippen LogP contribution < -0.4 is 20.8 Å². The molecule has 0 aromatic heterocycles. The summed E-state index contributed by atoms with van der Waals surface area (Å²) in [5, 5.41) is 51.6. The third-order valence-electron chi connectivity index (χ3n) is 17.6. The minimum Gasteiger partial charge on any atom is -0.507 e. The van der Waals surface area contributed by atoms with E-state index in [4.69, 9.17) is 23.9 Å². The van der Waals surface area contributed by atoms with Crippen molar-refractivity contribution < 1.29 is 58.6 Å². The monoisotopic (exact) mass is 1060 g/mol. The highest BCUT2D eigenvalue weighted by molar-refractivity contribution is 6.21. The number of ketones is 1. The van der Waals surface area contributed by atoms with Gasteiger partial charge >= 0.3 is 11.8 Å². The first-order valence-electron chi connectivity index (χ1n) is 27.4. The van der Waals surface area contributed by atoms with Crippen molar-refractivity contribution in [2.24, 2.45) is 45.0 Å². The standard InChI is InChI=1S/C60H77N5O12/c1-32(2)31-64-23-21-60(22-24-64)62-47-44-45-52(70)38(8)55-46(44)56(72)58(9,77-55)75-27-18-41(74-10)35(5)54(76-43(67)28-42(66)65-25-19-59(20-26-65)29-39-16-11-12-17-40(39)30-59)37(7)51(69)36(6)50(68)33(3)14-13-15-34(4)57(73)61-49(53(45)71)48(47)63-60/h11-18,27,32-33,35-37,41,50-51,54,62,68-71H,19-26,28-31H2,1-10H3/b14-13+,27-18+,34-15-,61-49?/t33-,35+,36+,37+,41-,50-,51+,54+,58-/m0/s1. The van der Waals surface area contributed by atoms with Crippen molar-refractivity contribution in [1.82, 2.24) is 9.80 Å². The Morgan fingerprint density at radius 1 is 0.870 bits per heavy atom. The van der Waals surface area contributed by atoms with Crippen molar-refractivity contribution in [3.8, 4) is 17.2 Å². The molecule has 0 unspecified atom stereocenters. The summed E-state index contributed by atoms with van der Waals surface area (Å²) >= 11 is 0. The minimum absolute atomic E-state index is 0.0304. The molecule has 77 heavy (non-hydrogen) atoms. The molecule has 1 aliphatic carbocycles. The number of phenolic OH excluding ortho intramolecular Hbond substituents is 2. The number of aromatic hydroxyl groups is 2. The predicted octanol–water partition coefficient (Wildman–Crippen LogP) is 6.53. The molecule has 6 aliphatic heterocycles. The second kappa shape index (κ2) is 21.6. The number of benzene rings is 3. The molecule has 0 radical (unpaired) electrons. The van der Waals surface area contributed by atoms with Gasteiger partial charge in [-0.25, -0.2) is 4.99 Å². The van der Waals surface area contributed by atoms with E-state index in [9.17, 15) is 34.8 Å². The Kier molecular flexibility index (Phi) is 15.6. The minimum atomic E-state index is -2.01. The van der Waals surface area contributed by atoms with Crippen LogP contribution in [-0.2, 0) is 41.4 Å². The number of methoxy groups -OCH3 is 1. The number of piperidine rings is 2. The fourth-order valence-electron chi connectivity index (χ4n) is 12.8. The van der Waals surface area contributed by atoms with Crippen molar-refractivity contribution in [2.75, 3.05) is 45.2 Å². The number of Topliss-reactive ketones (excluding diaryl/α,β-unsaturated/α-hetero) is 1. The van der Waals surface area contributed by atoms with Crippen LogP contribution in [0.2, 0.25) is 0 Å². The Bertz CT molecular complexity index is 3030. The van der Waals surface area contributed by atoms with Gasteiger partial charge in [-0.15, -0.1) is 0 Å². The highest BCUT2D eigenvalue weighted by Gasteiger charge is 2.51. The number of esters is 1. The Morgan fingerprint density at radius 2 is 1.53 bits per heavy atom. The molecule has 2 saturated heterocycles. The summed E-state index contributed by atoms with van der Waals surface area (Å²) in [6.45, 7) is 19.2. The number of carbonyl (C=O) groups excluding carboxylic acids is 4. The molecule has 9 atom stereocenters. The molecule has 414 valence electrons. The van der Waals surface area contributed by atoms with Crippen LogP contribution >= 0.6 is 0 Å². The van der Waals surface area contributed by atoms with Gasteiger partial charge in [-0.05, 0) is 68.1 Å². The zero-order chi connectivity index (χ0) is 55.5. The molecule has 5 N–H and O–H groups in total. The zero-order valence-corrected chi connectivity index (χ0v) is 46.2. The Labute approximate surface area is 450 Å². The quantitative estimate of drug-likeness (QED) is 0.101. The fraction of sp³-hybridized carbons (Fsp3) is 0.567. The summed E-state index contributed by atoms with van der Waals surface area (Å²) in [6, 6.07) is 8.48. The van der Waals surface area contributed by atoms with Gasteiger partial charge in [0.25, 0.3) is 11.7 Å². The Morgan fingerprint density at radius 3 is 2.17 bits per heavy atom. The first kappa shape index (κ1) is 55.6. The van der Waals surface area contributed by atoms with Crippen LogP contribution in [0.5, 0.6) is 17.2 Å². The number of likely N-dealkylation sites (tertiary alicyclic amines) is 2. The zero-order valence-electron chi connectivity index (χ0n) is 46.2. The number of hydrogen-bond acceptors (Lipinski definition) is 15. The molecule has 5 bridgehead atoms. The van der Waals surface area contributed by atoms with Crippen LogP contribution in [0, 0.1) is 41.9 Å². The van der Waals surface area contributed by atoms with E-state index >= 15 is 4.79 Å². The lowest BCUT2D eigenvalue weighted by Gasteiger charge is -2.40. The number of rotatable bonds is 6. The van der Waals surface area contributed by atoms with E-state index in [-0.39, 0.29) is 61.0 Å². The number of carbonyl (C=O) groups is 4. The maximum absolute atomic E-state index is 15.0. The van der Waals surface area contributed by atoms with E-state index in [1.807, 2.05) is 0 Å². The van der Waals surface area contributed by atoms with Gasteiger partial charge in [0.1, 0.15) is 40.4 Å². The number of fused-ring (bicyclic) bond motifs is 14. The van der Waals surface area contributed by atoms with E-state index in [2.05, 4.69) is 53.3 Å². The summed E-state index contributed by atoms with van der Waals surface area (Å²) in [5.41, 5.74) is 2.59. The highest BCUT2D eigenvalue weighted by atomic mass is 16.7. The molecule has 10 rings (SSSR count). The van der Waals surface area contributed by atoms with Crippen molar-refractivity contribution in [3.63, 3.8) is 0 Å². The molecule has 7 aliphatic rings. The molecule has 2 fully saturated rings. The number of amides is 2. The van der Waals surface area contributed by atoms with Crippen molar-refractivity contribution >= 4 is 40.0 Å². The number of nitrogens with zero attached hydrogens (tertiary/aromatic N) is 4. The van der Waals surface area contributed by atoms with Gasteiger partial charge in [0.15, 0.2) is 5.75 Å². The van der Waals surface area contributed by atoms with Crippen LogP contribution in [0.25, 0.3) is 10.8 Å². The molecule has 2 amide bonds. The maximum Gasteiger partial charge on any atom is 0.315 e. The SMILES string of the molecule is CO[C@H]1/C=C/O[C@@]2(C)Oc3c(C)c(O)c4c(O)c(c5c(c4c3C2=O)NC2(CCN(CC(C)C)CC2)N=5)=NC(=O)/C(C)=C\C=C\[C@H](C)[C@H](O)[C@@H](C)[C@@H](O)[C@@H](C)[C@H](OC(=O)CC(=O)N2CCC3(CC2)Cc2ccccc2C3)[C@@H]1C. The lowest BCUT2D eigenvalue weighted by molar-refractivity contribution is -0.165. The molecular formula is C60H77N5O12. The Hall–Kier alpha value is -6.14. The molecule has 2 spiro atoms. The summed E-state index contributed by atoms with van der Waals surface area (Å²) in [4.78, 5) is 70.6. The average molecular weight is 1060 g/mol.